The minimum Gasteiger partial charge on any atom is -0.358 e. The van der Waals surface area contributed by atoms with Crippen LogP contribution in [0.15, 0.2) is 18.2 Å². The van der Waals surface area contributed by atoms with E-state index in [-0.39, 0.29) is 5.82 Å². The first kappa shape index (κ1) is 19.2. The summed E-state index contributed by atoms with van der Waals surface area (Å²) in [7, 11) is 0. The fraction of sp³-hybridized carbons (Fsp3) is 0.632. The lowest BCUT2D eigenvalue weighted by Gasteiger charge is -2.51. The molecule has 1 aromatic carbocycles. The summed E-state index contributed by atoms with van der Waals surface area (Å²) >= 11 is 0. The second-order valence-electron chi connectivity index (χ2n) is 7.41. The number of benzene rings is 1. The number of aliphatic hydroxyl groups is 1. The quantitative estimate of drug-likeness (QED) is 0.882. The fourth-order valence-corrected chi connectivity index (χ4v) is 3.92. The van der Waals surface area contributed by atoms with Gasteiger partial charge in [-0.05, 0) is 56.9 Å². The molecule has 2 heterocycles. The van der Waals surface area contributed by atoms with E-state index in [1.54, 1.807) is 4.90 Å². The third-order valence-electron chi connectivity index (χ3n) is 5.43. The van der Waals surface area contributed by atoms with E-state index in [1.165, 1.54) is 13.0 Å². The van der Waals surface area contributed by atoms with Crippen LogP contribution in [-0.4, -0.2) is 64.9 Å². The third-order valence-corrected chi connectivity index (χ3v) is 5.43. The van der Waals surface area contributed by atoms with Crippen molar-refractivity contribution in [3.8, 4) is 0 Å². The van der Waals surface area contributed by atoms with E-state index in [9.17, 15) is 18.7 Å². The highest BCUT2D eigenvalue weighted by molar-refractivity contribution is 5.83. The van der Waals surface area contributed by atoms with Crippen LogP contribution in [0.1, 0.15) is 32.3 Å². The van der Waals surface area contributed by atoms with Gasteiger partial charge < -0.3 is 19.6 Å². The van der Waals surface area contributed by atoms with Gasteiger partial charge in [-0.1, -0.05) is 0 Å². The van der Waals surface area contributed by atoms with E-state index < -0.39 is 23.1 Å². The molecule has 0 aliphatic carbocycles. The number of likely N-dealkylation sites (tertiary alicyclic amines) is 1. The highest BCUT2D eigenvalue weighted by Gasteiger charge is 2.51. The van der Waals surface area contributed by atoms with Crippen molar-refractivity contribution < 1.29 is 23.4 Å². The zero-order valence-electron chi connectivity index (χ0n) is 15.3. The van der Waals surface area contributed by atoms with E-state index in [0.717, 1.165) is 25.2 Å². The molecule has 2 saturated heterocycles. The lowest BCUT2D eigenvalue weighted by atomic mass is 9.87. The molecule has 2 aliphatic heterocycles. The van der Waals surface area contributed by atoms with Crippen molar-refractivity contribution in [2.45, 2.75) is 44.5 Å². The van der Waals surface area contributed by atoms with Gasteiger partial charge in [0.25, 0.3) is 5.91 Å². The summed E-state index contributed by atoms with van der Waals surface area (Å²) in [6.07, 6.45) is 1.80. The van der Waals surface area contributed by atoms with Crippen molar-refractivity contribution >= 4 is 5.91 Å². The number of halogens is 2. The van der Waals surface area contributed by atoms with E-state index in [2.05, 4.69) is 4.90 Å². The summed E-state index contributed by atoms with van der Waals surface area (Å²) in [6.45, 7) is 6.36. The van der Waals surface area contributed by atoms with Gasteiger partial charge in [0.05, 0.1) is 12.1 Å². The molecule has 2 aliphatic rings. The highest BCUT2D eigenvalue weighted by atomic mass is 19.1. The summed E-state index contributed by atoms with van der Waals surface area (Å²) in [4.78, 5) is 16.0. The molecule has 1 aromatic rings. The van der Waals surface area contributed by atoms with Crippen LogP contribution in [0.2, 0.25) is 0 Å². The molecule has 7 heteroatoms. The van der Waals surface area contributed by atoms with Crippen molar-refractivity contribution in [1.29, 1.82) is 0 Å². The first-order valence-corrected chi connectivity index (χ1v) is 9.13. The van der Waals surface area contributed by atoms with Gasteiger partial charge in [0, 0.05) is 26.2 Å². The van der Waals surface area contributed by atoms with Crippen LogP contribution >= 0.6 is 0 Å². The molecular weight excluding hydrogens is 342 g/mol. The Hall–Kier alpha value is -1.57. The second kappa shape index (κ2) is 7.21. The first-order chi connectivity index (χ1) is 12.2. The lowest BCUT2D eigenvalue weighted by Crippen LogP contribution is -2.66. The van der Waals surface area contributed by atoms with Gasteiger partial charge in [-0.3, -0.25) is 4.79 Å². The molecule has 0 saturated carbocycles. The molecule has 1 unspecified atom stereocenters. The van der Waals surface area contributed by atoms with Crippen LogP contribution in [0.5, 0.6) is 0 Å². The zero-order chi connectivity index (χ0) is 18.9. The SMILES string of the molecule is CCN1CC2(CCN(CCc3cc(F)ccc3F)CC2)OC(C)(O)C1=O. The Labute approximate surface area is 152 Å². The number of piperidine rings is 1. The lowest BCUT2D eigenvalue weighted by molar-refractivity contribution is -0.284. The Morgan fingerprint density at radius 3 is 2.62 bits per heavy atom. The molecule has 1 spiro atoms. The van der Waals surface area contributed by atoms with Crippen LogP contribution in [0.3, 0.4) is 0 Å². The molecule has 144 valence electrons. The molecule has 3 rings (SSSR count). The number of amides is 1. The van der Waals surface area contributed by atoms with Gasteiger partial charge in [0.1, 0.15) is 11.6 Å². The summed E-state index contributed by atoms with van der Waals surface area (Å²) in [5.41, 5.74) is -0.168. The molecule has 1 N–H and O–H groups in total. The Morgan fingerprint density at radius 1 is 1.27 bits per heavy atom. The van der Waals surface area contributed by atoms with Gasteiger partial charge >= 0.3 is 0 Å². The van der Waals surface area contributed by atoms with Gasteiger partial charge in [-0.15, -0.1) is 0 Å². The molecule has 26 heavy (non-hydrogen) atoms. The van der Waals surface area contributed by atoms with Gasteiger partial charge in [-0.25, -0.2) is 8.78 Å². The highest BCUT2D eigenvalue weighted by Crippen LogP contribution is 2.36. The van der Waals surface area contributed by atoms with E-state index in [4.69, 9.17) is 4.74 Å². The van der Waals surface area contributed by atoms with Crippen molar-refractivity contribution in [2.24, 2.45) is 0 Å². The maximum Gasteiger partial charge on any atom is 0.282 e. The zero-order valence-corrected chi connectivity index (χ0v) is 15.3. The Balaban J connectivity index is 1.58. The number of hydrogen-bond acceptors (Lipinski definition) is 4. The number of carbonyl (C=O) groups excluding carboxylic acids is 1. The average Bonchev–Trinajstić information content (AvgIpc) is 2.60. The number of likely N-dealkylation sites (N-methyl/N-ethyl adjacent to an activating group) is 1. The predicted octanol–water partition coefficient (Wildman–Crippen LogP) is 1.93. The smallest absolute Gasteiger partial charge is 0.282 e. The van der Waals surface area contributed by atoms with Gasteiger partial charge in [0.15, 0.2) is 0 Å². The van der Waals surface area contributed by atoms with Crippen LogP contribution in [0.4, 0.5) is 8.78 Å². The topological polar surface area (TPSA) is 53.0 Å². The van der Waals surface area contributed by atoms with Crippen molar-refractivity contribution in [2.75, 3.05) is 32.7 Å². The molecule has 0 aromatic heterocycles. The molecular formula is C19H26F2N2O3. The molecule has 1 amide bonds. The fourth-order valence-electron chi connectivity index (χ4n) is 3.92. The molecule has 0 bridgehead atoms. The second-order valence-corrected chi connectivity index (χ2v) is 7.41. The summed E-state index contributed by atoms with van der Waals surface area (Å²) in [5, 5.41) is 10.3. The van der Waals surface area contributed by atoms with Crippen LogP contribution in [0, 0.1) is 11.6 Å². The number of hydrogen-bond donors (Lipinski definition) is 1. The maximum absolute atomic E-state index is 13.7. The number of carbonyl (C=O) groups is 1. The summed E-state index contributed by atoms with van der Waals surface area (Å²) in [5.74, 6) is -3.00. The molecule has 5 nitrogen and oxygen atoms in total. The normalized spacial score (nSPS) is 26.5. The summed E-state index contributed by atoms with van der Waals surface area (Å²) < 4.78 is 32.8. The Bertz CT molecular complexity index is 673. The van der Waals surface area contributed by atoms with E-state index in [0.29, 0.717) is 44.5 Å². The molecule has 2 fully saturated rings. The Kier molecular flexibility index (Phi) is 5.33. The monoisotopic (exact) mass is 368 g/mol. The average molecular weight is 368 g/mol. The summed E-state index contributed by atoms with van der Waals surface area (Å²) in [6, 6.07) is 3.52. The van der Waals surface area contributed by atoms with E-state index in [1.807, 2.05) is 6.92 Å². The molecule has 0 radical (unpaired) electrons. The van der Waals surface area contributed by atoms with Crippen LogP contribution in [0.25, 0.3) is 0 Å². The minimum absolute atomic E-state index is 0.380. The van der Waals surface area contributed by atoms with Crippen LogP contribution in [-0.2, 0) is 16.0 Å². The maximum atomic E-state index is 13.7. The van der Waals surface area contributed by atoms with Crippen molar-refractivity contribution in [3.05, 3.63) is 35.4 Å². The van der Waals surface area contributed by atoms with Crippen molar-refractivity contribution in [3.63, 3.8) is 0 Å². The third kappa shape index (κ3) is 3.89. The Morgan fingerprint density at radius 2 is 1.96 bits per heavy atom. The predicted molar refractivity (Wildman–Crippen MR) is 92.4 cm³/mol. The first-order valence-electron chi connectivity index (χ1n) is 9.13. The van der Waals surface area contributed by atoms with Crippen molar-refractivity contribution in [1.82, 2.24) is 9.80 Å². The molecule has 1 atom stereocenters. The number of rotatable bonds is 4. The van der Waals surface area contributed by atoms with Crippen LogP contribution < -0.4 is 0 Å². The van der Waals surface area contributed by atoms with Gasteiger partial charge in [-0.2, -0.15) is 0 Å². The largest absolute Gasteiger partial charge is 0.358 e. The standard InChI is InChI=1S/C19H26F2N2O3/c1-3-23-13-19(26-18(2,25)17(23)24)7-10-22(11-8-19)9-6-14-12-15(20)4-5-16(14)21/h4-5,12,25H,3,6-11,13H2,1-2H3. The van der Waals surface area contributed by atoms with Gasteiger partial charge in [0.2, 0.25) is 5.79 Å². The number of morpholine rings is 1. The number of nitrogens with zero attached hydrogens (tertiary/aromatic N) is 2. The number of ether oxygens (including phenoxy) is 1. The van der Waals surface area contributed by atoms with E-state index >= 15 is 0 Å². The minimum atomic E-state index is -1.79.